The van der Waals surface area contributed by atoms with Gasteiger partial charge < -0.3 is 15.0 Å². The Balaban J connectivity index is 1.75. The molecule has 6 heteroatoms. The van der Waals surface area contributed by atoms with Crippen molar-refractivity contribution in [1.82, 2.24) is 0 Å². The van der Waals surface area contributed by atoms with E-state index in [2.05, 4.69) is 10.2 Å². The van der Waals surface area contributed by atoms with E-state index in [-0.39, 0.29) is 28.1 Å². The second-order valence-corrected chi connectivity index (χ2v) is 8.67. The van der Waals surface area contributed by atoms with Gasteiger partial charge in [-0.25, -0.2) is 4.39 Å². The molecule has 2 atom stereocenters. The summed E-state index contributed by atoms with van der Waals surface area (Å²) >= 11 is 6.28. The van der Waals surface area contributed by atoms with Crippen molar-refractivity contribution in [3.63, 3.8) is 0 Å². The normalized spacial score (nSPS) is 23.5. The van der Waals surface area contributed by atoms with E-state index >= 15 is 0 Å². The summed E-state index contributed by atoms with van der Waals surface area (Å²) in [6, 6.07) is 3.19. The fraction of sp³-hybridized carbons (Fsp3) is 0.632. The van der Waals surface area contributed by atoms with Gasteiger partial charge in [-0.05, 0) is 36.8 Å². The van der Waals surface area contributed by atoms with Crippen LogP contribution in [-0.2, 0) is 9.53 Å². The number of hydrogen-bond acceptors (Lipinski definition) is 3. The molecule has 0 spiro atoms. The lowest BCUT2D eigenvalue weighted by atomic mass is 9.92. The summed E-state index contributed by atoms with van der Waals surface area (Å²) in [5.74, 6) is -0.735. The smallest absolute Gasteiger partial charge is 0.225 e. The predicted octanol–water partition coefficient (Wildman–Crippen LogP) is 4.61. The molecule has 25 heavy (non-hydrogen) atoms. The van der Waals surface area contributed by atoms with E-state index < -0.39 is 5.82 Å². The molecule has 0 radical (unpaired) electrons. The van der Waals surface area contributed by atoms with Crippen molar-refractivity contribution in [3.8, 4) is 0 Å². The standard InChI is InChI=1S/C19H26ClFN2O2/c1-19(2,3)10-17(24)22-18-15(20)8-12(9-16(18)21)23-7-6-13-4-5-14(11-23)25-13/h8-9,13-14H,4-7,10-11H2,1-3H3,(H,22,24). The number of carbonyl (C=O) groups is 1. The third kappa shape index (κ3) is 4.64. The first kappa shape index (κ1) is 18.5. The molecule has 0 aliphatic carbocycles. The molecule has 2 fully saturated rings. The maximum atomic E-state index is 14.6. The molecule has 0 aromatic heterocycles. The lowest BCUT2D eigenvalue weighted by molar-refractivity contribution is -0.117. The van der Waals surface area contributed by atoms with Crippen LogP contribution in [0, 0.1) is 11.2 Å². The molecule has 2 aliphatic heterocycles. The summed E-state index contributed by atoms with van der Waals surface area (Å²) in [5, 5.41) is 2.84. The number of amides is 1. The van der Waals surface area contributed by atoms with Crippen LogP contribution in [0.25, 0.3) is 0 Å². The predicted molar refractivity (Wildman–Crippen MR) is 98.8 cm³/mol. The molecule has 2 bridgehead atoms. The number of rotatable bonds is 3. The van der Waals surface area contributed by atoms with Gasteiger partial charge in [0.1, 0.15) is 5.82 Å². The van der Waals surface area contributed by atoms with E-state index in [4.69, 9.17) is 16.3 Å². The Bertz CT molecular complexity index is 636. The fourth-order valence-corrected chi connectivity index (χ4v) is 3.77. The van der Waals surface area contributed by atoms with Crippen LogP contribution in [-0.4, -0.2) is 31.2 Å². The summed E-state index contributed by atoms with van der Waals surface area (Å²) in [4.78, 5) is 14.2. The van der Waals surface area contributed by atoms with Crippen molar-refractivity contribution in [2.24, 2.45) is 5.41 Å². The van der Waals surface area contributed by atoms with Crippen LogP contribution < -0.4 is 10.2 Å². The van der Waals surface area contributed by atoms with E-state index in [0.29, 0.717) is 12.5 Å². The highest BCUT2D eigenvalue weighted by atomic mass is 35.5. The number of nitrogens with zero attached hydrogens (tertiary/aromatic N) is 1. The number of ether oxygens (including phenoxy) is 1. The molecule has 2 aliphatic rings. The molecule has 0 saturated carbocycles. The molecule has 2 heterocycles. The molecule has 2 unspecified atom stereocenters. The van der Waals surface area contributed by atoms with Gasteiger partial charge in [0.15, 0.2) is 0 Å². The van der Waals surface area contributed by atoms with Crippen LogP contribution >= 0.6 is 11.6 Å². The fourth-order valence-electron chi connectivity index (χ4n) is 3.53. The van der Waals surface area contributed by atoms with Gasteiger partial charge in [-0.15, -0.1) is 0 Å². The van der Waals surface area contributed by atoms with Crippen molar-refractivity contribution in [1.29, 1.82) is 0 Å². The van der Waals surface area contributed by atoms with Gasteiger partial charge in [0.05, 0.1) is 22.9 Å². The second-order valence-electron chi connectivity index (χ2n) is 8.26. The monoisotopic (exact) mass is 368 g/mol. The number of benzene rings is 1. The van der Waals surface area contributed by atoms with Crippen LogP contribution in [0.15, 0.2) is 12.1 Å². The highest BCUT2D eigenvalue weighted by molar-refractivity contribution is 6.34. The third-order valence-corrected chi connectivity index (χ3v) is 4.99. The summed E-state index contributed by atoms with van der Waals surface area (Å²) < 4.78 is 20.5. The van der Waals surface area contributed by atoms with Gasteiger partial charge in [0, 0.05) is 25.2 Å². The zero-order chi connectivity index (χ0) is 18.2. The average Bonchev–Trinajstić information content (AvgIpc) is 2.80. The zero-order valence-corrected chi connectivity index (χ0v) is 15.8. The number of hydrogen-bond donors (Lipinski definition) is 1. The van der Waals surface area contributed by atoms with Crippen LogP contribution in [0.5, 0.6) is 0 Å². The number of nitrogens with one attached hydrogen (secondary N) is 1. The lowest BCUT2D eigenvalue weighted by Crippen LogP contribution is -2.31. The largest absolute Gasteiger partial charge is 0.373 e. The molecular weight excluding hydrogens is 343 g/mol. The Labute approximate surface area is 153 Å². The van der Waals surface area contributed by atoms with Crippen molar-refractivity contribution in [3.05, 3.63) is 23.0 Å². The van der Waals surface area contributed by atoms with E-state index in [1.54, 1.807) is 6.07 Å². The maximum Gasteiger partial charge on any atom is 0.225 e. The van der Waals surface area contributed by atoms with Crippen molar-refractivity contribution in [2.45, 2.75) is 58.7 Å². The Hall–Kier alpha value is -1.33. The SMILES string of the molecule is CC(C)(C)CC(=O)Nc1c(F)cc(N2CCC3CCC(C2)O3)cc1Cl. The van der Waals surface area contributed by atoms with Gasteiger partial charge in [0.25, 0.3) is 0 Å². The summed E-state index contributed by atoms with van der Waals surface area (Å²) in [6.45, 7) is 7.46. The van der Waals surface area contributed by atoms with Crippen molar-refractivity contribution >= 4 is 28.9 Å². The zero-order valence-electron chi connectivity index (χ0n) is 15.1. The highest BCUT2D eigenvalue weighted by Crippen LogP contribution is 2.34. The van der Waals surface area contributed by atoms with Gasteiger partial charge in [-0.2, -0.15) is 0 Å². The van der Waals surface area contributed by atoms with Gasteiger partial charge >= 0.3 is 0 Å². The summed E-state index contributed by atoms with van der Waals surface area (Å²) in [7, 11) is 0. The molecule has 3 rings (SSSR count). The minimum atomic E-state index is -0.500. The third-order valence-electron chi connectivity index (χ3n) is 4.69. The Morgan fingerprint density at radius 1 is 1.32 bits per heavy atom. The van der Waals surface area contributed by atoms with E-state index in [0.717, 1.165) is 38.0 Å². The summed E-state index contributed by atoms with van der Waals surface area (Å²) in [6.07, 6.45) is 3.95. The van der Waals surface area contributed by atoms with Gasteiger partial charge in [0.2, 0.25) is 5.91 Å². The Morgan fingerprint density at radius 3 is 2.72 bits per heavy atom. The van der Waals surface area contributed by atoms with Crippen molar-refractivity contribution in [2.75, 3.05) is 23.3 Å². The Kier molecular flexibility index (Phi) is 5.26. The molecule has 1 amide bonds. The van der Waals surface area contributed by atoms with Gasteiger partial charge in [-0.3, -0.25) is 4.79 Å². The average molecular weight is 369 g/mol. The maximum absolute atomic E-state index is 14.6. The lowest BCUT2D eigenvalue weighted by Gasteiger charge is -2.26. The van der Waals surface area contributed by atoms with Crippen LogP contribution in [0.1, 0.15) is 46.5 Å². The first-order valence-electron chi connectivity index (χ1n) is 8.90. The Morgan fingerprint density at radius 2 is 2.04 bits per heavy atom. The molecule has 1 aromatic carbocycles. The topological polar surface area (TPSA) is 41.6 Å². The molecule has 138 valence electrons. The van der Waals surface area contributed by atoms with Gasteiger partial charge in [-0.1, -0.05) is 32.4 Å². The molecule has 2 saturated heterocycles. The van der Waals surface area contributed by atoms with Crippen LogP contribution in [0.3, 0.4) is 0 Å². The minimum absolute atomic E-state index is 0.0623. The van der Waals surface area contributed by atoms with Crippen molar-refractivity contribution < 1.29 is 13.9 Å². The first-order chi connectivity index (χ1) is 11.7. The van der Waals surface area contributed by atoms with E-state index in [1.165, 1.54) is 6.07 Å². The number of fused-ring (bicyclic) bond motifs is 2. The molecule has 1 aromatic rings. The number of halogens is 2. The second kappa shape index (κ2) is 7.12. The van der Waals surface area contributed by atoms with E-state index in [1.807, 2.05) is 20.8 Å². The number of carbonyl (C=O) groups excluding carboxylic acids is 1. The minimum Gasteiger partial charge on any atom is -0.373 e. The van der Waals surface area contributed by atoms with Crippen LogP contribution in [0.4, 0.5) is 15.8 Å². The van der Waals surface area contributed by atoms with E-state index in [9.17, 15) is 9.18 Å². The highest BCUT2D eigenvalue weighted by Gasteiger charge is 2.31. The number of anilines is 2. The molecular formula is C19H26ClFN2O2. The quantitative estimate of drug-likeness (QED) is 0.846. The van der Waals surface area contributed by atoms with Crippen LogP contribution in [0.2, 0.25) is 5.02 Å². The molecule has 1 N–H and O–H groups in total. The first-order valence-corrected chi connectivity index (χ1v) is 9.28. The molecule has 4 nitrogen and oxygen atoms in total. The summed E-state index contributed by atoms with van der Waals surface area (Å²) in [5.41, 5.74) is 0.637.